The Bertz CT molecular complexity index is 77.4. The zero-order valence-electron chi connectivity index (χ0n) is 7.16. The second-order valence-electron chi connectivity index (χ2n) is 0.204. The van der Waals surface area contributed by atoms with Crippen molar-refractivity contribution in [2.75, 3.05) is 21.3 Å². The fourth-order valence-corrected chi connectivity index (χ4v) is 0. The Labute approximate surface area is 115 Å². The molecule has 0 aliphatic heterocycles. The van der Waals surface area contributed by atoms with E-state index in [1.807, 2.05) is 0 Å². The largest absolute Gasteiger partial charge is 0.400 e. The zero-order chi connectivity index (χ0) is 11.4. The van der Waals surface area contributed by atoms with Crippen LogP contribution in [0.3, 0.4) is 0 Å². The molecular formula is C11H38N2O5. The Hall–Kier alpha value is -1.36. The van der Waals surface area contributed by atoms with Crippen molar-refractivity contribution in [3.05, 3.63) is 0 Å². The molecule has 0 saturated heterocycles. The minimum absolute atomic E-state index is 0. The molecule has 0 aliphatic rings. The lowest BCUT2D eigenvalue weighted by Gasteiger charge is -1.21. The van der Waals surface area contributed by atoms with Gasteiger partial charge in [0, 0.05) is 21.3 Å². The molecule has 0 saturated carbocycles. The lowest BCUT2D eigenvalue weighted by molar-refractivity contribution is 0.399. The average Bonchev–Trinajstić information content (AvgIpc) is 2.16. The van der Waals surface area contributed by atoms with Gasteiger partial charge >= 0.3 is 0 Å². The first-order chi connectivity index (χ1) is 5.83. The van der Waals surface area contributed by atoms with E-state index in [-0.39, 0.29) is 44.6 Å². The number of aliphatic hydroxyl groups excluding tert-OH is 3. The molecule has 0 fully saturated rings. The second kappa shape index (κ2) is 8180. The van der Waals surface area contributed by atoms with E-state index in [0.29, 0.717) is 0 Å². The van der Waals surface area contributed by atoms with Crippen molar-refractivity contribution in [3.63, 3.8) is 0 Å². The van der Waals surface area contributed by atoms with Gasteiger partial charge in [0.05, 0.1) is 0 Å². The number of aliphatic hydroxyl groups is 3. The van der Waals surface area contributed by atoms with Crippen LogP contribution in [0.5, 0.6) is 0 Å². The molecule has 0 amide bonds. The molecule has 7 heteroatoms. The van der Waals surface area contributed by atoms with Gasteiger partial charge in [0.2, 0.25) is 12.2 Å². The van der Waals surface area contributed by atoms with Gasteiger partial charge in [-0.25, -0.2) is 20.4 Å². The summed E-state index contributed by atoms with van der Waals surface area (Å²) in [7, 11) is 3.00. The minimum atomic E-state index is 0. The smallest absolute Gasteiger partial charge is 0.231 e. The van der Waals surface area contributed by atoms with Crippen LogP contribution < -0.4 is 0 Å². The van der Waals surface area contributed by atoms with Crippen molar-refractivity contribution in [2.45, 2.75) is 44.6 Å². The maximum Gasteiger partial charge on any atom is 0.231 e. The fraction of sp³-hybridized carbons (Fsp3) is 0.818. The van der Waals surface area contributed by atoms with Crippen LogP contribution in [0.15, 0.2) is 0 Å². The standard InChI is InChI=1S/2CHNO.3CH4O.6CH4/c2*2-1-3;3*1-2;;;;;;/h2*2H;3*2H,1H3;6*1H4. The van der Waals surface area contributed by atoms with Gasteiger partial charge in [0.1, 0.15) is 0 Å². The summed E-state index contributed by atoms with van der Waals surface area (Å²) >= 11 is 0. The molecule has 0 spiro atoms. The molecule has 0 aromatic heterocycles. The summed E-state index contributed by atoms with van der Waals surface area (Å²) in [5.41, 5.74) is 0. The monoisotopic (exact) mass is 278 g/mol. The molecule has 0 unspecified atom stereocenters. The van der Waals surface area contributed by atoms with Crippen molar-refractivity contribution in [1.82, 2.24) is 0 Å². The number of isocyanates is 2. The SMILES string of the molecule is C.C.C.C.C.C.CO.CO.CO.N=C=O.N=C=O. The first-order valence-electron chi connectivity index (χ1n) is 2.25. The molecule has 0 bridgehead atoms. The van der Waals surface area contributed by atoms with Gasteiger partial charge in [0.15, 0.2) is 0 Å². The minimum Gasteiger partial charge on any atom is -0.400 e. The van der Waals surface area contributed by atoms with E-state index in [9.17, 15) is 0 Å². The maximum absolute atomic E-state index is 8.35. The van der Waals surface area contributed by atoms with Crippen LogP contribution in [0.4, 0.5) is 0 Å². The van der Waals surface area contributed by atoms with Gasteiger partial charge in [-0.3, -0.25) is 0 Å². The quantitative estimate of drug-likeness (QED) is 0.341. The molecule has 18 heavy (non-hydrogen) atoms. The van der Waals surface area contributed by atoms with E-state index in [2.05, 4.69) is 0 Å². The Morgan fingerprint density at radius 2 is 0.556 bits per heavy atom. The van der Waals surface area contributed by atoms with Crippen LogP contribution in [0.25, 0.3) is 0 Å². The highest BCUT2D eigenvalue weighted by molar-refractivity contribution is 5.26. The van der Waals surface area contributed by atoms with Gasteiger partial charge in [-0.15, -0.1) is 0 Å². The van der Waals surface area contributed by atoms with Gasteiger partial charge < -0.3 is 15.3 Å². The van der Waals surface area contributed by atoms with E-state index >= 15 is 0 Å². The summed E-state index contributed by atoms with van der Waals surface area (Å²) in [4.78, 5) is 16.7. The maximum atomic E-state index is 8.35. The van der Waals surface area contributed by atoms with Gasteiger partial charge in [0.25, 0.3) is 0 Å². The van der Waals surface area contributed by atoms with Crippen LogP contribution in [0.1, 0.15) is 44.6 Å². The Balaban J connectivity index is -0.00000000353. The number of rotatable bonds is 0. The summed E-state index contributed by atoms with van der Waals surface area (Å²) in [5.74, 6) is 0. The molecule has 0 aromatic carbocycles. The normalized spacial score (nSPS) is 1.89. The molecule has 122 valence electrons. The number of nitrogens with one attached hydrogen (secondary N) is 2. The first-order valence-corrected chi connectivity index (χ1v) is 2.25. The van der Waals surface area contributed by atoms with Crippen LogP contribution in [-0.2, 0) is 9.59 Å². The van der Waals surface area contributed by atoms with Crippen molar-refractivity contribution >= 4 is 12.2 Å². The molecule has 0 aliphatic carbocycles. The average molecular weight is 278 g/mol. The van der Waals surface area contributed by atoms with Crippen LogP contribution in [0.2, 0.25) is 0 Å². The molecule has 0 radical (unpaired) electrons. The van der Waals surface area contributed by atoms with Gasteiger partial charge in [-0.2, -0.15) is 0 Å². The van der Waals surface area contributed by atoms with Gasteiger partial charge in [-0.05, 0) is 0 Å². The van der Waals surface area contributed by atoms with E-state index in [1.54, 1.807) is 0 Å². The van der Waals surface area contributed by atoms with Crippen molar-refractivity contribution in [1.29, 1.82) is 10.8 Å². The fourth-order valence-electron chi connectivity index (χ4n) is 0. The third-order valence-electron chi connectivity index (χ3n) is 0. The van der Waals surface area contributed by atoms with Crippen LogP contribution in [-0.4, -0.2) is 48.8 Å². The molecular weight excluding hydrogens is 240 g/mol. The highest BCUT2D eigenvalue weighted by Gasteiger charge is 1.04. The molecule has 5 N–H and O–H groups in total. The zero-order valence-corrected chi connectivity index (χ0v) is 7.16. The van der Waals surface area contributed by atoms with Crippen molar-refractivity contribution in [3.8, 4) is 0 Å². The molecule has 0 rings (SSSR count). The Kier molecular flexibility index (Phi) is 58200. The lowest BCUT2D eigenvalue weighted by atomic mass is 11.7. The second-order valence-corrected chi connectivity index (χ2v) is 0.204. The van der Waals surface area contributed by atoms with Crippen LogP contribution in [0, 0.1) is 10.8 Å². The van der Waals surface area contributed by atoms with E-state index in [1.165, 1.54) is 0 Å². The summed E-state index contributed by atoms with van der Waals surface area (Å²) in [5, 5.41) is 31.8. The summed E-state index contributed by atoms with van der Waals surface area (Å²) in [6, 6.07) is 0. The number of carbonyl (C=O) groups excluding carboxylic acids is 2. The van der Waals surface area contributed by atoms with Crippen molar-refractivity contribution in [2.24, 2.45) is 0 Å². The summed E-state index contributed by atoms with van der Waals surface area (Å²) in [6.45, 7) is 0. The Morgan fingerprint density at radius 3 is 0.556 bits per heavy atom. The lowest BCUT2D eigenvalue weighted by Crippen LogP contribution is -1.25. The number of hydrogen-bond acceptors (Lipinski definition) is 7. The molecule has 7 nitrogen and oxygen atoms in total. The molecule has 0 atom stereocenters. The van der Waals surface area contributed by atoms with Crippen molar-refractivity contribution < 1.29 is 24.9 Å². The number of hydrogen-bond donors (Lipinski definition) is 5. The third kappa shape index (κ3) is 1470. The topological polar surface area (TPSA) is 143 Å². The van der Waals surface area contributed by atoms with E-state index in [4.69, 9.17) is 35.7 Å². The summed E-state index contributed by atoms with van der Waals surface area (Å²) in [6.07, 6.45) is 1.50. The van der Waals surface area contributed by atoms with Gasteiger partial charge in [-0.1, -0.05) is 44.6 Å². The molecule has 0 aromatic rings. The molecule has 0 heterocycles. The predicted molar refractivity (Wildman–Crippen MR) is 81.6 cm³/mol. The first kappa shape index (κ1) is 128. The van der Waals surface area contributed by atoms with E-state index in [0.717, 1.165) is 33.5 Å². The van der Waals surface area contributed by atoms with E-state index < -0.39 is 0 Å². The highest BCUT2D eigenvalue weighted by atomic mass is 16.2. The predicted octanol–water partition coefficient (Wildman–Crippen LogP) is 2.44. The highest BCUT2D eigenvalue weighted by Crippen LogP contribution is 0.871. The Morgan fingerprint density at radius 1 is 0.556 bits per heavy atom. The summed E-state index contributed by atoms with van der Waals surface area (Å²) < 4.78 is 0. The third-order valence-corrected chi connectivity index (χ3v) is 0. The van der Waals surface area contributed by atoms with Crippen LogP contribution >= 0.6 is 0 Å².